The summed E-state index contributed by atoms with van der Waals surface area (Å²) < 4.78 is 3.96. The molecule has 4 aromatic rings. The monoisotopic (exact) mass is 580 g/mol. The molecule has 0 saturated carbocycles. The number of hydrogen-bond acceptors (Lipinski definition) is 4. The Morgan fingerprint density at radius 2 is 2.00 bits per heavy atom. The van der Waals surface area contributed by atoms with Crippen LogP contribution in [0, 0.1) is 12.3 Å². The Morgan fingerprint density at radius 1 is 1.16 bits per heavy atom. The van der Waals surface area contributed by atoms with Gasteiger partial charge in [-0.2, -0.15) is 5.10 Å². The van der Waals surface area contributed by atoms with E-state index in [4.69, 9.17) is 5.10 Å². The van der Waals surface area contributed by atoms with Gasteiger partial charge in [0.05, 0.1) is 29.6 Å². The average molecular weight is 581 g/mol. The van der Waals surface area contributed by atoms with Gasteiger partial charge in [0.1, 0.15) is 11.3 Å². The highest BCUT2D eigenvalue weighted by molar-refractivity contribution is 6.08. The Kier molecular flexibility index (Phi) is 9.31. The van der Waals surface area contributed by atoms with Crippen LogP contribution in [0.25, 0.3) is 16.6 Å². The molecule has 1 fully saturated rings. The summed E-state index contributed by atoms with van der Waals surface area (Å²) in [6, 6.07) is 10.2. The molecule has 7 nitrogen and oxygen atoms in total. The van der Waals surface area contributed by atoms with Gasteiger partial charge in [0.25, 0.3) is 5.91 Å². The standard InChI is InChI=1S/C34H40N6O.C2H6.H2/c1-24-9-7-16-38(17-12-24)18-13-27-14-19-39-30(22-35-31(39)20-27)33(41)36-28-10-5-11-29-32(28)26(3)37-40(29)23-34(4)15-6-8-25(2)21-34;1-2;/h5-6,8,10-11,14-15,19-20,22H,1,7,9,12-13,16-18,21,23H2,2-4H3,(H,36,41);1-2H3;1H. The number of hydrogen-bond donors (Lipinski definition) is 1. The van der Waals surface area contributed by atoms with Gasteiger partial charge in [-0.25, -0.2) is 4.98 Å². The number of nitrogens with zero attached hydrogens (tertiary/aromatic N) is 5. The number of carbonyl (C=O) groups is 1. The van der Waals surface area contributed by atoms with Crippen LogP contribution in [0.5, 0.6) is 0 Å². The highest BCUT2D eigenvalue weighted by Gasteiger charge is 2.26. The molecule has 1 aliphatic heterocycles. The van der Waals surface area contributed by atoms with Gasteiger partial charge in [-0.05, 0) is 82.3 Å². The molecule has 0 spiro atoms. The number of aryl methyl sites for hydroxylation is 1. The number of benzene rings is 1. The number of rotatable bonds is 7. The number of imidazole rings is 1. The van der Waals surface area contributed by atoms with Crippen LogP contribution >= 0.6 is 0 Å². The molecule has 1 atom stereocenters. The molecular weight excluding hydrogens is 532 g/mol. The maximum absolute atomic E-state index is 13.5. The number of amides is 1. The van der Waals surface area contributed by atoms with Crippen molar-refractivity contribution in [1.82, 2.24) is 24.1 Å². The Bertz CT molecular complexity index is 1700. The van der Waals surface area contributed by atoms with E-state index in [9.17, 15) is 4.79 Å². The second kappa shape index (κ2) is 13.1. The first kappa shape index (κ1) is 30.5. The molecular formula is C36H48N6O. The van der Waals surface area contributed by atoms with Crippen molar-refractivity contribution in [2.75, 3.05) is 25.0 Å². The summed E-state index contributed by atoms with van der Waals surface area (Å²) >= 11 is 0. The van der Waals surface area contributed by atoms with E-state index in [1.165, 1.54) is 23.1 Å². The van der Waals surface area contributed by atoms with Crippen molar-refractivity contribution in [1.29, 1.82) is 0 Å². The zero-order valence-electron chi connectivity index (χ0n) is 26.5. The van der Waals surface area contributed by atoms with Gasteiger partial charge >= 0.3 is 0 Å². The van der Waals surface area contributed by atoms with E-state index >= 15 is 0 Å². The zero-order chi connectivity index (χ0) is 30.6. The molecule has 1 unspecified atom stereocenters. The quantitative estimate of drug-likeness (QED) is 0.225. The second-order valence-electron chi connectivity index (χ2n) is 12.2. The number of nitrogens with one attached hydrogen (secondary N) is 1. The first-order valence-corrected chi connectivity index (χ1v) is 15.8. The summed E-state index contributed by atoms with van der Waals surface area (Å²) in [6.07, 6.45) is 15.6. The summed E-state index contributed by atoms with van der Waals surface area (Å²) in [5, 5.41) is 9.02. The van der Waals surface area contributed by atoms with Crippen LogP contribution in [0.1, 0.15) is 76.6 Å². The van der Waals surface area contributed by atoms with Gasteiger partial charge in [0, 0.05) is 31.5 Å². The average Bonchev–Trinajstić information content (AvgIpc) is 3.47. The van der Waals surface area contributed by atoms with Gasteiger partial charge in [0.15, 0.2) is 0 Å². The molecule has 1 N–H and O–H groups in total. The smallest absolute Gasteiger partial charge is 0.274 e. The van der Waals surface area contributed by atoms with E-state index in [0.717, 1.165) is 79.8 Å². The van der Waals surface area contributed by atoms with Crippen LogP contribution in [0.2, 0.25) is 0 Å². The number of carbonyl (C=O) groups excluding carboxylic acids is 1. The predicted octanol–water partition coefficient (Wildman–Crippen LogP) is 8.01. The van der Waals surface area contributed by atoms with Crippen molar-refractivity contribution >= 4 is 28.1 Å². The molecule has 6 rings (SSSR count). The molecule has 3 aromatic heterocycles. The van der Waals surface area contributed by atoms with E-state index in [2.05, 4.69) is 76.7 Å². The maximum Gasteiger partial charge on any atom is 0.274 e. The Balaban J connectivity index is 0.00000144. The number of aromatic nitrogens is 4. The van der Waals surface area contributed by atoms with Crippen molar-refractivity contribution < 1.29 is 6.22 Å². The van der Waals surface area contributed by atoms with Gasteiger partial charge < -0.3 is 10.2 Å². The van der Waals surface area contributed by atoms with Crippen LogP contribution in [0.4, 0.5) is 5.69 Å². The number of allylic oxidation sites excluding steroid dienone is 4. The Hall–Kier alpha value is -3.97. The van der Waals surface area contributed by atoms with Crippen molar-refractivity contribution in [2.24, 2.45) is 5.41 Å². The van der Waals surface area contributed by atoms with Crippen molar-refractivity contribution in [3.05, 3.63) is 95.6 Å². The van der Waals surface area contributed by atoms with Crippen LogP contribution in [0.15, 0.2) is 78.7 Å². The molecule has 0 bridgehead atoms. The van der Waals surface area contributed by atoms with E-state index in [-0.39, 0.29) is 12.7 Å². The summed E-state index contributed by atoms with van der Waals surface area (Å²) in [5.74, 6) is -0.183. The summed E-state index contributed by atoms with van der Waals surface area (Å²) in [7, 11) is 0. The van der Waals surface area contributed by atoms with Crippen molar-refractivity contribution in [3.8, 4) is 0 Å². The highest BCUT2D eigenvalue weighted by atomic mass is 16.2. The van der Waals surface area contributed by atoms with Crippen LogP contribution in [0.3, 0.4) is 0 Å². The topological polar surface area (TPSA) is 67.5 Å². The van der Waals surface area contributed by atoms with E-state index < -0.39 is 0 Å². The molecule has 4 heterocycles. The zero-order valence-corrected chi connectivity index (χ0v) is 26.5. The minimum Gasteiger partial charge on any atom is -0.320 e. The van der Waals surface area contributed by atoms with Gasteiger partial charge in [-0.1, -0.05) is 62.8 Å². The first-order chi connectivity index (χ1) is 20.8. The van der Waals surface area contributed by atoms with Crippen molar-refractivity contribution in [2.45, 2.75) is 73.3 Å². The number of pyridine rings is 1. The third kappa shape index (κ3) is 6.83. The minimum atomic E-state index is -0.183. The first-order valence-electron chi connectivity index (χ1n) is 15.8. The molecule has 2 aliphatic rings. The molecule has 1 saturated heterocycles. The maximum atomic E-state index is 13.5. The number of fused-ring (bicyclic) bond motifs is 2. The van der Waals surface area contributed by atoms with E-state index in [0.29, 0.717) is 5.69 Å². The Labute approximate surface area is 257 Å². The Morgan fingerprint density at radius 3 is 2.81 bits per heavy atom. The fraction of sp³-hybridized carbons (Fsp3) is 0.417. The summed E-state index contributed by atoms with van der Waals surface area (Å²) in [4.78, 5) is 20.6. The third-order valence-electron chi connectivity index (χ3n) is 8.59. The number of anilines is 1. The largest absolute Gasteiger partial charge is 0.320 e. The minimum absolute atomic E-state index is 0. The fourth-order valence-corrected chi connectivity index (χ4v) is 6.44. The molecule has 228 valence electrons. The summed E-state index contributed by atoms with van der Waals surface area (Å²) in [6.45, 7) is 18.7. The van der Waals surface area contributed by atoms with Gasteiger partial charge in [0.2, 0.25) is 0 Å². The highest BCUT2D eigenvalue weighted by Crippen LogP contribution is 2.35. The van der Waals surface area contributed by atoms with Gasteiger partial charge in [-0.3, -0.25) is 13.9 Å². The molecule has 1 aliphatic carbocycles. The molecule has 7 heteroatoms. The third-order valence-corrected chi connectivity index (χ3v) is 8.59. The lowest BCUT2D eigenvalue weighted by molar-refractivity contribution is 0.102. The van der Waals surface area contributed by atoms with Crippen LogP contribution in [-0.4, -0.2) is 49.6 Å². The lowest BCUT2D eigenvalue weighted by Gasteiger charge is -2.29. The van der Waals surface area contributed by atoms with E-state index in [1.54, 1.807) is 6.20 Å². The normalized spacial score (nSPS) is 19.2. The fourth-order valence-electron chi connectivity index (χ4n) is 6.44. The lowest BCUT2D eigenvalue weighted by atomic mass is 9.80. The summed E-state index contributed by atoms with van der Waals surface area (Å²) in [5.41, 5.74) is 7.99. The van der Waals surface area contributed by atoms with Crippen molar-refractivity contribution in [3.63, 3.8) is 0 Å². The molecule has 43 heavy (non-hydrogen) atoms. The molecule has 1 amide bonds. The van der Waals surface area contributed by atoms with E-state index in [1.807, 2.05) is 43.5 Å². The predicted molar refractivity (Wildman–Crippen MR) is 180 cm³/mol. The molecule has 1 aromatic carbocycles. The number of likely N-dealkylation sites (tertiary alicyclic amines) is 1. The SMILES string of the molecule is C=C1CCCN(CCc2ccn3c(C(=O)Nc4cccc5c4c(C)nn5CC4(C)C=CC=C(C)C4)cnc3c2)CC1.CC.[HH]. The molecule has 0 radical (unpaired) electrons. The van der Waals surface area contributed by atoms with Crippen LogP contribution in [-0.2, 0) is 13.0 Å². The second-order valence-corrected chi connectivity index (χ2v) is 12.2. The van der Waals surface area contributed by atoms with Crippen LogP contribution < -0.4 is 5.32 Å². The van der Waals surface area contributed by atoms with Gasteiger partial charge in [-0.15, -0.1) is 0 Å². The lowest BCUT2D eigenvalue weighted by Crippen LogP contribution is -2.27.